The van der Waals surface area contributed by atoms with Crippen molar-refractivity contribution in [3.8, 4) is 0 Å². The first-order valence-corrected chi connectivity index (χ1v) is 8.19. The van der Waals surface area contributed by atoms with Crippen LogP contribution < -0.4 is 10.2 Å². The molecule has 0 aliphatic carbocycles. The summed E-state index contributed by atoms with van der Waals surface area (Å²) >= 11 is 0. The Morgan fingerprint density at radius 1 is 1.38 bits per heavy atom. The van der Waals surface area contributed by atoms with Crippen LogP contribution in [0.3, 0.4) is 0 Å². The second-order valence-electron chi connectivity index (χ2n) is 6.67. The fraction of sp³-hybridized carbons (Fsp3) is 0.667. The van der Waals surface area contributed by atoms with Gasteiger partial charge in [-0.15, -0.1) is 0 Å². The predicted molar refractivity (Wildman–Crippen MR) is 90.0 cm³/mol. The Kier molecular flexibility index (Phi) is 6.07. The second kappa shape index (κ2) is 7.81. The molecule has 1 heterocycles. The van der Waals surface area contributed by atoms with Gasteiger partial charge in [0.05, 0.1) is 6.10 Å². The summed E-state index contributed by atoms with van der Waals surface area (Å²) in [6.07, 6.45) is 2.79. The summed E-state index contributed by atoms with van der Waals surface area (Å²) in [4.78, 5) is 2.35. The molecule has 1 atom stereocenters. The van der Waals surface area contributed by atoms with E-state index in [2.05, 4.69) is 56.2 Å². The number of hydrogen-bond donors (Lipinski definition) is 1. The summed E-state index contributed by atoms with van der Waals surface area (Å²) in [6.45, 7) is 10.6. The molecule has 0 spiro atoms. The Labute approximate surface area is 129 Å². The highest BCUT2D eigenvalue weighted by Gasteiger charge is 2.18. The molecule has 21 heavy (non-hydrogen) atoms. The van der Waals surface area contributed by atoms with Crippen LogP contribution in [0.4, 0.5) is 5.69 Å². The minimum atomic E-state index is 0.396. The molecule has 2 rings (SSSR count). The molecule has 3 heteroatoms. The first kappa shape index (κ1) is 16.3. The Morgan fingerprint density at radius 2 is 2.19 bits per heavy atom. The van der Waals surface area contributed by atoms with Gasteiger partial charge in [0.1, 0.15) is 0 Å². The van der Waals surface area contributed by atoms with Crippen molar-refractivity contribution in [3.63, 3.8) is 0 Å². The molecule has 1 aromatic carbocycles. The van der Waals surface area contributed by atoms with Crippen molar-refractivity contribution in [1.29, 1.82) is 0 Å². The molecule has 1 unspecified atom stereocenters. The smallest absolute Gasteiger partial charge is 0.0750 e. The SMILES string of the molecule is Cc1ccc(N(C)CC2CCCO2)c(CNCC(C)C)c1. The van der Waals surface area contributed by atoms with E-state index in [-0.39, 0.29) is 0 Å². The third kappa shape index (κ3) is 5.01. The molecular formula is C18H30N2O. The Hall–Kier alpha value is -1.06. The van der Waals surface area contributed by atoms with E-state index in [1.54, 1.807) is 0 Å². The molecule has 0 bridgehead atoms. The van der Waals surface area contributed by atoms with Crippen molar-refractivity contribution in [3.05, 3.63) is 29.3 Å². The number of nitrogens with one attached hydrogen (secondary N) is 1. The van der Waals surface area contributed by atoms with Crippen LogP contribution in [0.1, 0.15) is 37.8 Å². The molecule has 1 fully saturated rings. The van der Waals surface area contributed by atoms with Crippen LogP contribution in [-0.2, 0) is 11.3 Å². The molecule has 0 amide bonds. The Bertz CT molecular complexity index is 439. The number of benzene rings is 1. The van der Waals surface area contributed by atoms with Crippen molar-refractivity contribution in [1.82, 2.24) is 5.32 Å². The second-order valence-corrected chi connectivity index (χ2v) is 6.67. The van der Waals surface area contributed by atoms with E-state index in [4.69, 9.17) is 4.74 Å². The highest BCUT2D eigenvalue weighted by Crippen LogP contribution is 2.23. The summed E-state index contributed by atoms with van der Waals surface area (Å²) in [5.74, 6) is 0.683. The van der Waals surface area contributed by atoms with E-state index in [1.807, 2.05) is 0 Å². The van der Waals surface area contributed by atoms with Gasteiger partial charge in [-0.05, 0) is 43.9 Å². The minimum absolute atomic E-state index is 0.396. The van der Waals surface area contributed by atoms with Crippen molar-refractivity contribution >= 4 is 5.69 Å². The molecule has 1 aliphatic rings. The Balaban J connectivity index is 2.02. The van der Waals surface area contributed by atoms with Gasteiger partial charge in [-0.3, -0.25) is 0 Å². The number of ether oxygens (including phenoxy) is 1. The summed E-state index contributed by atoms with van der Waals surface area (Å²) in [7, 11) is 2.18. The maximum atomic E-state index is 5.76. The van der Waals surface area contributed by atoms with Gasteiger partial charge in [0.2, 0.25) is 0 Å². The van der Waals surface area contributed by atoms with Gasteiger partial charge in [0.15, 0.2) is 0 Å². The van der Waals surface area contributed by atoms with Crippen molar-refractivity contribution in [2.24, 2.45) is 5.92 Å². The van der Waals surface area contributed by atoms with E-state index in [0.29, 0.717) is 12.0 Å². The van der Waals surface area contributed by atoms with Crippen LogP contribution in [-0.4, -0.2) is 32.8 Å². The third-order valence-electron chi connectivity index (χ3n) is 4.02. The molecule has 1 N–H and O–H groups in total. The lowest BCUT2D eigenvalue weighted by Gasteiger charge is -2.26. The van der Waals surface area contributed by atoms with Gasteiger partial charge in [-0.25, -0.2) is 0 Å². The molecular weight excluding hydrogens is 260 g/mol. The predicted octanol–water partition coefficient (Wildman–Crippen LogP) is 3.36. The maximum Gasteiger partial charge on any atom is 0.0750 e. The van der Waals surface area contributed by atoms with Gasteiger partial charge in [0.25, 0.3) is 0 Å². The summed E-state index contributed by atoms with van der Waals surface area (Å²) in [6, 6.07) is 6.75. The van der Waals surface area contributed by atoms with E-state index in [1.165, 1.54) is 29.7 Å². The molecule has 3 nitrogen and oxygen atoms in total. The van der Waals surface area contributed by atoms with Crippen LogP contribution >= 0.6 is 0 Å². The fourth-order valence-electron chi connectivity index (χ4n) is 2.92. The van der Waals surface area contributed by atoms with Crippen LogP contribution in [0, 0.1) is 12.8 Å². The van der Waals surface area contributed by atoms with Crippen LogP contribution in [0.5, 0.6) is 0 Å². The average Bonchev–Trinajstić information content (AvgIpc) is 2.91. The lowest BCUT2D eigenvalue weighted by Crippen LogP contribution is -2.30. The lowest BCUT2D eigenvalue weighted by atomic mass is 10.1. The van der Waals surface area contributed by atoms with Gasteiger partial charge in [-0.2, -0.15) is 0 Å². The Morgan fingerprint density at radius 3 is 2.86 bits per heavy atom. The number of hydrogen-bond acceptors (Lipinski definition) is 3. The zero-order valence-corrected chi connectivity index (χ0v) is 14.0. The number of aryl methyl sites for hydroxylation is 1. The molecule has 1 aromatic rings. The average molecular weight is 290 g/mol. The quantitative estimate of drug-likeness (QED) is 0.833. The van der Waals surface area contributed by atoms with Crippen LogP contribution in [0.2, 0.25) is 0 Å². The molecule has 0 saturated carbocycles. The number of nitrogens with zero attached hydrogens (tertiary/aromatic N) is 1. The number of likely N-dealkylation sites (N-methyl/N-ethyl adjacent to an activating group) is 1. The number of rotatable bonds is 7. The van der Waals surface area contributed by atoms with Crippen molar-refractivity contribution in [2.75, 3.05) is 31.6 Å². The van der Waals surface area contributed by atoms with E-state index >= 15 is 0 Å². The highest BCUT2D eigenvalue weighted by atomic mass is 16.5. The molecule has 118 valence electrons. The van der Waals surface area contributed by atoms with Crippen LogP contribution in [0.25, 0.3) is 0 Å². The first-order chi connectivity index (χ1) is 10.1. The van der Waals surface area contributed by atoms with Gasteiger partial charge in [-0.1, -0.05) is 31.5 Å². The normalized spacial score (nSPS) is 18.4. The highest BCUT2D eigenvalue weighted by molar-refractivity contribution is 5.54. The standard InChI is InChI=1S/C18H30N2O/c1-14(2)11-19-12-16-10-15(3)7-8-18(16)20(4)13-17-6-5-9-21-17/h7-8,10,14,17,19H,5-6,9,11-13H2,1-4H3. The molecule has 0 radical (unpaired) electrons. The zero-order chi connectivity index (χ0) is 15.2. The topological polar surface area (TPSA) is 24.5 Å². The molecule has 1 aliphatic heterocycles. The van der Waals surface area contributed by atoms with E-state index in [0.717, 1.165) is 26.2 Å². The van der Waals surface area contributed by atoms with Crippen LogP contribution in [0.15, 0.2) is 18.2 Å². The largest absolute Gasteiger partial charge is 0.376 e. The maximum absolute atomic E-state index is 5.76. The first-order valence-electron chi connectivity index (χ1n) is 8.19. The zero-order valence-electron chi connectivity index (χ0n) is 14.0. The van der Waals surface area contributed by atoms with Gasteiger partial charge < -0.3 is 15.0 Å². The summed E-state index contributed by atoms with van der Waals surface area (Å²) < 4.78 is 5.76. The fourth-order valence-corrected chi connectivity index (χ4v) is 2.92. The summed E-state index contributed by atoms with van der Waals surface area (Å²) in [5.41, 5.74) is 4.04. The van der Waals surface area contributed by atoms with Crippen molar-refractivity contribution < 1.29 is 4.74 Å². The van der Waals surface area contributed by atoms with Crippen molar-refractivity contribution in [2.45, 2.75) is 46.3 Å². The number of anilines is 1. The van der Waals surface area contributed by atoms with E-state index < -0.39 is 0 Å². The van der Waals surface area contributed by atoms with Gasteiger partial charge in [0, 0.05) is 32.4 Å². The third-order valence-corrected chi connectivity index (χ3v) is 4.02. The molecule has 0 aromatic heterocycles. The van der Waals surface area contributed by atoms with E-state index in [9.17, 15) is 0 Å². The minimum Gasteiger partial charge on any atom is -0.376 e. The van der Waals surface area contributed by atoms with Gasteiger partial charge >= 0.3 is 0 Å². The lowest BCUT2D eigenvalue weighted by molar-refractivity contribution is 0.116. The summed E-state index contributed by atoms with van der Waals surface area (Å²) in [5, 5.41) is 3.56. The molecule has 1 saturated heterocycles. The monoisotopic (exact) mass is 290 g/mol.